The van der Waals surface area contributed by atoms with Gasteiger partial charge in [-0.25, -0.2) is 4.79 Å². The molecule has 6 unspecified atom stereocenters. The predicted octanol–water partition coefficient (Wildman–Crippen LogP) is 9.58. The fourth-order valence-corrected chi connectivity index (χ4v) is 12.2. The fraction of sp³-hybridized carbons (Fsp3) is 0.737. The van der Waals surface area contributed by atoms with E-state index in [-0.39, 0.29) is 27.6 Å². The van der Waals surface area contributed by atoms with Crippen molar-refractivity contribution in [2.24, 2.45) is 50.7 Å². The fourth-order valence-electron chi connectivity index (χ4n) is 12.2. The van der Waals surface area contributed by atoms with Gasteiger partial charge in [0.2, 0.25) is 0 Å². The summed E-state index contributed by atoms with van der Waals surface area (Å²) in [6, 6.07) is 8.09. The van der Waals surface area contributed by atoms with Gasteiger partial charge in [-0.2, -0.15) is 0 Å². The molecule has 4 heteroatoms. The van der Waals surface area contributed by atoms with Gasteiger partial charge in [0.25, 0.3) is 0 Å². The maximum absolute atomic E-state index is 12.6. The van der Waals surface area contributed by atoms with Gasteiger partial charge in [0.15, 0.2) is 0 Å². The topological polar surface area (TPSA) is 63.6 Å². The molecular formula is C38H54O4. The molecular weight excluding hydrogens is 520 g/mol. The van der Waals surface area contributed by atoms with Crippen LogP contribution in [0.3, 0.4) is 0 Å². The summed E-state index contributed by atoms with van der Waals surface area (Å²) in [5.41, 5.74) is 2.97. The van der Waals surface area contributed by atoms with Crippen LogP contribution in [0.5, 0.6) is 0 Å². The lowest BCUT2D eigenvalue weighted by Crippen LogP contribution is -2.65. The first-order chi connectivity index (χ1) is 19.5. The van der Waals surface area contributed by atoms with Crippen LogP contribution < -0.4 is 0 Å². The quantitative estimate of drug-likeness (QED) is 0.365. The van der Waals surface area contributed by atoms with Gasteiger partial charge in [0.05, 0.1) is 11.0 Å². The number of hydrogen-bond donors (Lipinski definition) is 1. The highest BCUT2D eigenvalue weighted by atomic mass is 16.6. The largest absolute Gasteiger partial charge is 0.481 e. The Hall–Kier alpha value is -2.10. The molecule has 0 amide bonds. The highest BCUT2D eigenvalue weighted by molar-refractivity contribution is 5.90. The van der Waals surface area contributed by atoms with Gasteiger partial charge in [0, 0.05) is 0 Å². The van der Waals surface area contributed by atoms with E-state index in [0.29, 0.717) is 29.2 Å². The molecule has 0 saturated heterocycles. The van der Waals surface area contributed by atoms with Crippen LogP contribution in [0.25, 0.3) is 5.57 Å². The van der Waals surface area contributed by atoms with Crippen LogP contribution in [0.2, 0.25) is 0 Å². The van der Waals surface area contributed by atoms with Crippen molar-refractivity contribution < 1.29 is 19.4 Å². The van der Waals surface area contributed by atoms with E-state index in [4.69, 9.17) is 4.74 Å². The lowest BCUT2D eigenvalue weighted by molar-refractivity contribution is -0.225. The molecule has 0 aliphatic heterocycles. The first-order valence-corrected chi connectivity index (χ1v) is 16.8. The van der Waals surface area contributed by atoms with Crippen molar-refractivity contribution in [2.75, 3.05) is 0 Å². The van der Waals surface area contributed by atoms with Gasteiger partial charge in [-0.3, -0.25) is 4.79 Å². The molecule has 4 fully saturated rings. The van der Waals surface area contributed by atoms with Crippen molar-refractivity contribution in [3.05, 3.63) is 41.5 Å². The molecule has 5 aliphatic carbocycles. The molecule has 0 radical (unpaired) electrons. The second kappa shape index (κ2) is 9.45. The minimum atomic E-state index is -0.513. The molecule has 1 aromatic carbocycles. The number of ether oxygens (including phenoxy) is 1. The average molecular weight is 575 g/mol. The Morgan fingerprint density at radius 2 is 1.50 bits per heavy atom. The second-order valence-electron chi connectivity index (χ2n) is 17.3. The van der Waals surface area contributed by atoms with Gasteiger partial charge in [-0.15, -0.1) is 0 Å². The third kappa shape index (κ3) is 4.05. The molecule has 0 spiro atoms. The Morgan fingerprint density at radius 1 is 0.810 bits per heavy atom. The Bertz CT molecular complexity index is 1300. The number of allylic oxidation sites excluding steroid dienone is 2. The standard InChI is InChI=1S/C38H54O4/c1-33(2,3)42-31(39)25-13-11-24(12-14-25)26-17-20-35(6)29(34(26,4)5)18-21-37(8)30(35)16-15-27-28-10-9-19-38(28,32(40)41)23-22-36(27,37)7/h11-14,17,27-30H,9-10,15-16,18-23H2,1-8H3,(H,40,41)/t27?,28-,29?,30?,35?,36-,37?,38?/m1/s1. The first-order valence-electron chi connectivity index (χ1n) is 16.8. The molecule has 4 nitrogen and oxygen atoms in total. The third-order valence-electron chi connectivity index (χ3n) is 14.2. The van der Waals surface area contributed by atoms with Gasteiger partial charge < -0.3 is 9.84 Å². The predicted molar refractivity (Wildman–Crippen MR) is 168 cm³/mol. The summed E-state index contributed by atoms with van der Waals surface area (Å²) in [5.74, 6) is 1.35. The lowest BCUT2D eigenvalue weighted by Gasteiger charge is -2.72. The zero-order valence-corrected chi connectivity index (χ0v) is 27.4. The maximum atomic E-state index is 12.6. The second-order valence-corrected chi connectivity index (χ2v) is 17.3. The number of carboxylic acid groups (broad SMARTS) is 1. The molecule has 6 rings (SSSR count). The van der Waals surface area contributed by atoms with Crippen molar-refractivity contribution in [3.8, 4) is 0 Å². The zero-order valence-electron chi connectivity index (χ0n) is 27.4. The van der Waals surface area contributed by atoms with Crippen LogP contribution in [-0.4, -0.2) is 22.6 Å². The molecule has 8 atom stereocenters. The molecule has 42 heavy (non-hydrogen) atoms. The van der Waals surface area contributed by atoms with E-state index < -0.39 is 17.0 Å². The number of carbonyl (C=O) groups is 2. The number of esters is 1. The van der Waals surface area contributed by atoms with Crippen LogP contribution >= 0.6 is 0 Å². The Morgan fingerprint density at radius 3 is 2.14 bits per heavy atom. The highest BCUT2D eigenvalue weighted by Crippen LogP contribution is 2.77. The lowest BCUT2D eigenvalue weighted by atomic mass is 9.32. The summed E-state index contributed by atoms with van der Waals surface area (Å²) in [7, 11) is 0. The van der Waals surface area contributed by atoms with Crippen molar-refractivity contribution >= 4 is 17.5 Å². The van der Waals surface area contributed by atoms with Gasteiger partial charge in [-0.05, 0) is 147 Å². The van der Waals surface area contributed by atoms with Crippen LogP contribution in [0.4, 0.5) is 0 Å². The summed E-state index contributed by atoms with van der Waals surface area (Å²) in [4.78, 5) is 25.3. The zero-order chi connectivity index (χ0) is 30.5. The summed E-state index contributed by atoms with van der Waals surface area (Å²) in [5, 5.41) is 10.4. The number of benzene rings is 1. The number of rotatable bonds is 3. The minimum Gasteiger partial charge on any atom is -0.481 e. The molecule has 230 valence electrons. The minimum absolute atomic E-state index is 0.0238. The van der Waals surface area contributed by atoms with Gasteiger partial charge >= 0.3 is 11.9 Å². The van der Waals surface area contributed by atoms with E-state index in [9.17, 15) is 14.7 Å². The summed E-state index contributed by atoms with van der Waals surface area (Å²) >= 11 is 0. The molecule has 1 aromatic rings. The molecule has 0 bridgehead atoms. The van der Waals surface area contributed by atoms with Crippen LogP contribution in [0.1, 0.15) is 136 Å². The van der Waals surface area contributed by atoms with Gasteiger partial charge in [0.1, 0.15) is 5.60 Å². The van der Waals surface area contributed by atoms with E-state index in [1.165, 1.54) is 36.8 Å². The Kier molecular flexibility index (Phi) is 6.74. The van der Waals surface area contributed by atoms with E-state index in [0.717, 1.165) is 38.5 Å². The smallest absolute Gasteiger partial charge is 0.338 e. The monoisotopic (exact) mass is 574 g/mol. The molecule has 1 N–H and O–H groups in total. The number of carbonyl (C=O) groups excluding carboxylic acids is 1. The Labute approximate surface area is 254 Å². The summed E-state index contributed by atoms with van der Waals surface area (Å²) < 4.78 is 5.60. The third-order valence-corrected chi connectivity index (χ3v) is 14.2. The van der Waals surface area contributed by atoms with Crippen LogP contribution in [-0.2, 0) is 9.53 Å². The average Bonchev–Trinajstić information content (AvgIpc) is 3.34. The van der Waals surface area contributed by atoms with Crippen molar-refractivity contribution in [1.82, 2.24) is 0 Å². The van der Waals surface area contributed by atoms with E-state index in [1.54, 1.807) is 0 Å². The Balaban J connectivity index is 1.30. The molecule has 5 aliphatic rings. The summed E-state index contributed by atoms with van der Waals surface area (Å²) in [6.45, 7) is 18.4. The highest BCUT2D eigenvalue weighted by Gasteiger charge is 2.70. The van der Waals surface area contributed by atoms with Crippen molar-refractivity contribution in [3.63, 3.8) is 0 Å². The van der Waals surface area contributed by atoms with Crippen molar-refractivity contribution in [2.45, 2.75) is 125 Å². The number of carboxylic acids is 1. The molecule has 4 saturated carbocycles. The number of hydrogen-bond acceptors (Lipinski definition) is 3. The SMILES string of the molecule is CC(C)(C)OC(=O)c1ccc(C2=CCC3(C)C(CCC4(C)C3CCC3[C@H]5CCCC5(C(=O)O)CC[C@]34C)C2(C)C)cc1. The van der Waals surface area contributed by atoms with Crippen LogP contribution in [0.15, 0.2) is 30.3 Å². The van der Waals surface area contributed by atoms with E-state index in [1.807, 2.05) is 32.9 Å². The van der Waals surface area contributed by atoms with Crippen molar-refractivity contribution in [1.29, 1.82) is 0 Å². The van der Waals surface area contributed by atoms with Gasteiger partial charge in [-0.1, -0.05) is 59.2 Å². The molecule has 0 heterocycles. The van der Waals surface area contributed by atoms with E-state index >= 15 is 0 Å². The van der Waals surface area contributed by atoms with E-state index in [2.05, 4.69) is 52.8 Å². The molecule has 0 aromatic heterocycles. The van der Waals surface area contributed by atoms with Crippen LogP contribution in [0, 0.1) is 50.7 Å². The summed E-state index contributed by atoms with van der Waals surface area (Å²) in [6.07, 6.45) is 13.6. The normalized spacial score (nSPS) is 42.3. The maximum Gasteiger partial charge on any atom is 0.338 e. The first kappa shape index (κ1) is 29.9. The number of aliphatic carboxylic acids is 1. The number of fused-ring (bicyclic) bond motifs is 7.